The van der Waals surface area contributed by atoms with E-state index in [1.165, 1.54) is 6.42 Å². The Morgan fingerprint density at radius 1 is 0.929 bits per heavy atom. The van der Waals surface area contributed by atoms with Gasteiger partial charge in [-0.3, -0.25) is 0 Å². The van der Waals surface area contributed by atoms with Crippen LogP contribution in [0.1, 0.15) is 41.0 Å². The average Bonchev–Trinajstić information content (AvgIpc) is 2.25. The van der Waals surface area contributed by atoms with E-state index in [-0.39, 0.29) is 0 Å². The molecule has 0 saturated carbocycles. The molecule has 1 nitrogen and oxygen atoms in total. The zero-order chi connectivity index (χ0) is 12.6. The van der Waals surface area contributed by atoms with Gasteiger partial charge in [-0.2, -0.15) is 0 Å². The van der Waals surface area contributed by atoms with Crippen molar-refractivity contribution in [1.29, 1.82) is 0 Å². The number of nitrogens with two attached hydrogens (primary N) is 1. The SMILES string of the molecule is C=C.C=C.CC.CC(C)CC(C)CN. The van der Waals surface area contributed by atoms with Gasteiger partial charge in [-0.05, 0) is 24.8 Å². The summed E-state index contributed by atoms with van der Waals surface area (Å²) >= 11 is 0. The highest BCUT2D eigenvalue weighted by Crippen LogP contribution is 2.08. The monoisotopic (exact) mass is 201 g/mol. The molecular formula is C13H31N. The minimum absolute atomic E-state index is 0.704. The summed E-state index contributed by atoms with van der Waals surface area (Å²) in [5, 5.41) is 0. The first kappa shape index (κ1) is 23.3. The van der Waals surface area contributed by atoms with Crippen molar-refractivity contribution in [2.45, 2.75) is 41.0 Å². The van der Waals surface area contributed by atoms with E-state index in [9.17, 15) is 0 Å². The Bertz CT molecular complexity index is 67.6. The number of rotatable bonds is 3. The molecule has 2 N–H and O–H groups in total. The molecule has 0 fully saturated rings. The molecule has 0 aromatic carbocycles. The maximum atomic E-state index is 5.42. The molecule has 0 spiro atoms. The predicted molar refractivity (Wildman–Crippen MR) is 71.5 cm³/mol. The molecule has 0 amide bonds. The fourth-order valence-electron chi connectivity index (χ4n) is 0.901. The third kappa shape index (κ3) is 42.1. The Labute approximate surface area is 92.1 Å². The van der Waals surface area contributed by atoms with E-state index in [0.717, 1.165) is 12.5 Å². The molecule has 0 bridgehead atoms. The van der Waals surface area contributed by atoms with Crippen LogP contribution in [0.3, 0.4) is 0 Å². The second-order valence-electron chi connectivity index (χ2n) is 2.97. The standard InChI is InChI=1S/C7H17N.C2H6.2C2H4/c1-6(2)4-7(3)5-8;3*1-2/h6-7H,4-5,8H2,1-3H3;1-2H3;2*1-2H2. The van der Waals surface area contributed by atoms with E-state index >= 15 is 0 Å². The second kappa shape index (κ2) is 29.4. The molecule has 1 unspecified atom stereocenters. The Balaban J connectivity index is -0.0000000708. The van der Waals surface area contributed by atoms with E-state index in [1.807, 2.05) is 13.8 Å². The van der Waals surface area contributed by atoms with Crippen LogP contribution in [0.4, 0.5) is 0 Å². The van der Waals surface area contributed by atoms with Gasteiger partial charge in [0.05, 0.1) is 0 Å². The van der Waals surface area contributed by atoms with Crippen LogP contribution in [-0.2, 0) is 0 Å². The van der Waals surface area contributed by atoms with Crippen LogP contribution in [-0.4, -0.2) is 6.54 Å². The zero-order valence-electron chi connectivity index (χ0n) is 11.0. The highest BCUT2D eigenvalue weighted by atomic mass is 14.5. The maximum Gasteiger partial charge on any atom is -0.00514 e. The van der Waals surface area contributed by atoms with Gasteiger partial charge in [0.1, 0.15) is 0 Å². The molecule has 0 aromatic heterocycles. The molecule has 14 heavy (non-hydrogen) atoms. The molecule has 0 aliphatic heterocycles. The third-order valence-electron chi connectivity index (χ3n) is 1.28. The fourth-order valence-corrected chi connectivity index (χ4v) is 0.901. The van der Waals surface area contributed by atoms with Crippen LogP contribution in [0.2, 0.25) is 0 Å². The average molecular weight is 201 g/mol. The minimum atomic E-state index is 0.704. The molecule has 0 aliphatic carbocycles. The summed E-state index contributed by atoms with van der Waals surface area (Å²) in [6.07, 6.45) is 1.26. The van der Waals surface area contributed by atoms with Crippen LogP contribution in [0.5, 0.6) is 0 Å². The first-order valence-corrected chi connectivity index (χ1v) is 5.37. The summed E-state index contributed by atoms with van der Waals surface area (Å²) in [4.78, 5) is 0. The predicted octanol–water partition coefficient (Wildman–Crippen LogP) is 4.26. The molecule has 0 aromatic rings. The van der Waals surface area contributed by atoms with Crippen molar-refractivity contribution in [1.82, 2.24) is 0 Å². The smallest absolute Gasteiger partial charge is 0.00514 e. The highest BCUT2D eigenvalue weighted by Gasteiger charge is 2.00. The molecule has 0 heterocycles. The van der Waals surface area contributed by atoms with Gasteiger partial charge in [0.15, 0.2) is 0 Å². The lowest BCUT2D eigenvalue weighted by atomic mass is 9.99. The van der Waals surface area contributed by atoms with Crippen molar-refractivity contribution in [2.75, 3.05) is 6.54 Å². The lowest BCUT2D eigenvalue weighted by Crippen LogP contribution is -2.12. The lowest BCUT2D eigenvalue weighted by Gasteiger charge is -2.09. The van der Waals surface area contributed by atoms with Gasteiger partial charge >= 0.3 is 0 Å². The topological polar surface area (TPSA) is 26.0 Å². The van der Waals surface area contributed by atoms with Crippen LogP contribution in [0, 0.1) is 11.8 Å². The van der Waals surface area contributed by atoms with Gasteiger partial charge < -0.3 is 5.73 Å². The van der Waals surface area contributed by atoms with Gasteiger partial charge in [-0.15, -0.1) is 26.3 Å². The summed E-state index contributed by atoms with van der Waals surface area (Å²) in [6, 6.07) is 0. The number of hydrogen-bond donors (Lipinski definition) is 1. The molecule has 1 atom stereocenters. The molecule has 0 saturated heterocycles. The van der Waals surface area contributed by atoms with Crippen molar-refractivity contribution in [3.63, 3.8) is 0 Å². The minimum Gasteiger partial charge on any atom is -0.330 e. The summed E-state index contributed by atoms with van der Waals surface area (Å²) < 4.78 is 0. The second-order valence-corrected chi connectivity index (χ2v) is 2.97. The molecule has 0 rings (SSSR count). The van der Waals surface area contributed by atoms with Crippen LogP contribution in [0.15, 0.2) is 26.3 Å². The summed E-state index contributed by atoms with van der Waals surface area (Å²) in [6.45, 7) is 23.5. The summed E-state index contributed by atoms with van der Waals surface area (Å²) in [5.41, 5.74) is 5.42. The van der Waals surface area contributed by atoms with Gasteiger partial charge in [-0.25, -0.2) is 0 Å². The van der Waals surface area contributed by atoms with Gasteiger partial charge in [0, 0.05) is 0 Å². The number of hydrogen-bond acceptors (Lipinski definition) is 1. The van der Waals surface area contributed by atoms with Crippen LogP contribution < -0.4 is 5.73 Å². The molecule has 0 aliphatic rings. The van der Waals surface area contributed by atoms with E-state index in [2.05, 4.69) is 47.1 Å². The zero-order valence-corrected chi connectivity index (χ0v) is 11.0. The van der Waals surface area contributed by atoms with E-state index in [0.29, 0.717) is 5.92 Å². The van der Waals surface area contributed by atoms with E-state index < -0.39 is 0 Å². The van der Waals surface area contributed by atoms with Gasteiger partial charge in [-0.1, -0.05) is 34.6 Å². The molecular weight excluding hydrogens is 170 g/mol. The molecule has 0 radical (unpaired) electrons. The van der Waals surface area contributed by atoms with E-state index in [1.54, 1.807) is 0 Å². The summed E-state index contributed by atoms with van der Waals surface area (Å²) in [7, 11) is 0. The highest BCUT2D eigenvalue weighted by molar-refractivity contribution is 4.54. The van der Waals surface area contributed by atoms with Crippen molar-refractivity contribution in [2.24, 2.45) is 17.6 Å². The van der Waals surface area contributed by atoms with Crippen molar-refractivity contribution < 1.29 is 0 Å². The Morgan fingerprint density at radius 3 is 1.29 bits per heavy atom. The Kier molecular flexibility index (Phi) is 49.0. The molecule has 1 heteroatoms. The van der Waals surface area contributed by atoms with Crippen molar-refractivity contribution in [3.8, 4) is 0 Å². The maximum absolute atomic E-state index is 5.42. The van der Waals surface area contributed by atoms with Gasteiger partial charge in [0.2, 0.25) is 0 Å². The Hall–Kier alpha value is -0.560. The first-order valence-electron chi connectivity index (χ1n) is 5.37. The quantitative estimate of drug-likeness (QED) is 0.678. The largest absolute Gasteiger partial charge is 0.330 e. The third-order valence-corrected chi connectivity index (χ3v) is 1.28. The fraction of sp³-hybridized carbons (Fsp3) is 0.692. The Morgan fingerprint density at radius 2 is 1.21 bits per heavy atom. The summed E-state index contributed by atoms with van der Waals surface area (Å²) in [5.74, 6) is 1.50. The van der Waals surface area contributed by atoms with Crippen molar-refractivity contribution in [3.05, 3.63) is 26.3 Å². The van der Waals surface area contributed by atoms with E-state index in [4.69, 9.17) is 5.73 Å². The first-order chi connectivity index (χ1) is 6.66. The molecule has 88 valence electrons. The van der Waals surface area contributed by atoms with Crippen LogP contribution >= 0.6 is 0 Å². The van der Waals surface area contributed by atoms with Gasteiger partial charge in [0.25, 0.3) is 0 Å². The lowest BCUT2D eigenvalue weighted by molar-refractivity contribution is 0.447. The normalized spacial score (nSPS) is 9.36. The van der Waals surface area contributed by atoms with Crippen LogP contribution in [0.25, 0.3) is 0 Å². The van der Waals surface area contributed by atoms with Crippen molar-refractivity contribution >= 4 is 0 Å².